The Kier molecular flexibility index (Phi) is 8.05. The van der Waals surface area contributed by atoms with Crippen molar-refractivity contribution in [3.8, 4) is 0 Å². The molecule has 1 rings (SSSR count). The van der Waals surface area contributed by atoms with Gasteiger partial charge >= 0.3 is 11.9 Å². The zero-order chi connectivity index (χ0) is 16.2. The molecule has 0 amide bonds. The topological polar surface area (TPSA) is 52.6 Å². The molecule has 0 heterocycles. The van der Waals surface area contributed by atoms with Gasteiger partial charge in [0.1, 0.15) is 5.57 Å². The first-order chi connectivity index (χ1) is 10.7. The van der Waals surface area contributed by atoms with Gasteiger partial charge in [0.15, 0.2) is 0 Å². The van der Waals surface area contributed by atoms with Gasteiger partial charge in [-0.3, -0.25) is 0 Å². The van der Waals surface area contributed by atoms with E-state index in [-0.39, 0.29) is 18.8 Å². The average molecular weight is 300 g/mol. The lowest BCUT2D eigenvalue weighted by Gasteiger charge is -2.05. The van der Waals surface area contributed by atoms with Crippen LogP contribution in [0.1, 0.15) is 19.4 Å². The van der Waals surface area contributed by atoms with Gasteiger partial charge in [-0.1, -0.05) is 54.6 Å². The Labute approximate surface area is 130 Å². The molecule has 0 atom stereocenters. The van der Waals surface area contributed by atoms with Gasteiger partial charge in [-0.25, -0.2) is 9.59 Å². The minimum atomic E-state index is -0.683. The summed E-state index contributed by atoms with van der Waals surface area (Å²) >= 11 is 0. The third-order valence-corrected chi connectivity index (χ3v) is 2.56. The fraction of sp³-hybridized carbons (Fsp3) is 0.222. The molecular formula is C18H20O4. The Hall–Kier alpha value is -2.62. The van der Waals surface area contributed by atoms with Crippen molar-refractivity contribution in [3.63, 3.8) is 0 Å². The zero-order valence-corrected chi connectivity index (χ0v) is 12.8. The molecule has 1 aromatic carbocycles. The van der Waals surface area contributed by atoms with Crippen molar-refractivity contribution < 1.29 is 19.1 Å². The lowest BCUT2D eigenvalue weighted by molar-refractivity contribution is -0.146. The van der Waals surface area contributed by atoms with E-state index in [1.165, 1.54) is 6.08 Å². The molecule has 22 heavy (non-hydrogen) atoms. The zero-order valence-electron chi connectivity index (χ0n) is 12.8. The van der Waals surface area contributed by atoms with E-state index >= 15 is 0 Å². The van der Waals surface area contributed by atoms with E-state index < -0.39 is 11.9 Å². The smallest absolute Gasteiger partial charge is 0.345 e. The largest absolute Gasteiger partial charge is 0.462 e. The highest BCUT2D eigenvalue weighted by Gasteiger charge is 2.19. The number of benzene rings is 1. The summed E-state index contributed by atoms with van der Waals surface area (Å²) in [5.41, 5.74) is 0.945. The van der Waals surface area contributed by atoms with E-state index in [9.17, 15) is 9.59 Å². The van der Waals surface area contributed by atoms with Crippen molar-refractivity contribution in [2.75, 3.05) is 13.2 Å². The van der Waals surface area contributed by atoms with E-state index in [2.05, 4.69) is 0 Å². The Bertz CT molecular complexity index is 548. The Morgan fingerprint density at radius 3 is 2.05 bits per heavy atom. The highest BCUT2D eigenvalue weighted by Crippen LogP contribution is 2.04. The van der Waals surface area contributed by atoms with Crippen LogP contribution >= 0.6 is 0 Å². The van der Waals surface area contributed by atoms with Gasteiger partial charge < -0.3 is 9.47 Å². The normalized spacial score (nSPS) is 10.6. The molecule has 0 N–H and O–H groups in total. The van der Waals surface area contributed by atoms with Crippen molar-refractivity contribution in [1.29, 1.82) is 0 Å². The summed E-state index contributed by atoms with van der Waals surface area (Å²) in [6, 6.07) is 9.79. The number of carbonyl (C=O) groups excluding carboxylic acids is 2. The second-order valence-corrected chi connectivity index (χ2v) is 4.18. The fourth-order valence-electron chi connectivity index (χ4n) is 1.58. The molecule has 0 unspecified atom stereocenters. The van der Waals surface area contributed by atoms with Gasteiger partial charge in [-0.05, 0) is 25.5 Å². The van der Waals surface area contributed by atoms with Crippen LogP contribution in [-0.4, -0.2) is 25.2 Å². The molecule has 4 heteroatoms. The molecule has 4 nitrogen and oxygen atoms in total. The van der Waals surface area contributed by atoms with Crippen molar-refractivity contribution >= 4 is 18.0 Å². The van der Waals surface area contributed by atoms with Crippen molar-refractivity contribution in [1.82, 2.24) is 0 Å². The highest BCUT2D eigenvalue weighted by molar-refractivity contribution is 6.14. The first-order valence-electron chi connectivity index (χ1n) is 7.13. The van der Waals surface area contributed by atoms with Crippen LogP contribution in [0.3, 0.4) is 0 Å². The van der Waals surface area contributed by atoms with Crippen LogP contribution in [0, 0.1) is 0 Å². The van der Waals surface area contributed by atoms with Crippen LogP contribution in [0.2, 0.25) is 0 Å². The predicted molar refractivity (Wildman–Crippen MR) is 86.0 cm³/mol. The van der Waals surface area contributed by atoms with Gasteiger partial charge in [0, 0.05) is 0 Å². The molecule has 0 aliphatic rings. The lowest BCUT2D eigenvalue weighted by atomic mass is 10.2. The summed E-state index contributed by atoms with van der Waals surface area (Å²) in [5, 5.41) is 0. The second-order valence-electron chi connectivity index (χ2n) is 4.18. The first kappa shape index (κ1) is 17.4. The van der Waals surface area contributed by atoms with Crippen LogP contribution < -0.4 is 0 Å². The van der Waals surface area contributed by atoms with E-state index in [4.69, 9.17) is 9.47 Å². The number of ether oxygens (including phenoxy) is 2. The summed E-state index contributed by atoms with van der Waals surface area (Å²) in [6.45, 7) is 3.76. The molecule has 0 saturated carbocycles. The molecule has 0 aliphatic heterocycles. The summed E-state index contributed by atoms with van der Waals surface area (Å²) < 4.78 is 9.68. The van der Waals surface area contributed by atoms with Crippen molar-refractivity contribution in [2.45, 2.75) is 13.8 Å². The maximum Gasteiger partial charge on any atom is 0.345 e. The summed E-state index contributed by atoms with van der Waals surface area (Å²) in [7, 11) is 0. The quantitative estimate of drug-likeness (QED) is 0.255. The maximum atomic E-state index is 11.7. The fourth-order valence-corrected chi connectivity index (χ4v) is 1.58. The standard InChI is InChI=1S/C18H20O4/c1-3-21-17(19)16(18(20)22-4-2)14-10-6-9-13-15-11-7-5-8-12-15/h5-14H,3-4H2,1-2H3/b10-6+,13-9+. The number of hydrogen-bond donors (Lipinski definition) is 0. The Morgan fingerprint density at radius 2 is 1.50 bits per heavy atom. The molecule has 0 radical (unpaired) electrons. The molecular weight excluding hydrogens is 280 g/mol. The maximum absolute atomic E-state index is 11.7. The van der Waals surface area contributed by atoms with E-state index in [0.717, 1.165) is 5.56 Å². The molecule has 116 valence electrons. The number of hydrogen-bond acceptors (Lipinski definition) is 4. The molecule has 0 bridgehead atoms. The third kappa shape index (κ3) is 6.22. The van der Waals surface area contributed by atoms with Crippen molar-refractivity contribution in [2.24, 2.45) is 0 Å². The number of carbonyl (C=O) groups is 2. The molecule has 1 aromatic rings. The average Bonchev–Trinajstić information content (AvgIpc) is 2.52. The minimum Gasteiger partial charge on any atom is -0.462 e. The summed E-state index contributed by atoms with van der Waals surface area (Å²) in [5.74, 6) is -1.37. The van der Waals surface area contributed by atoms with Gasteiger partial charge in [-0.2, -0.15) is 0 Å². The summed E-state index contributed by atoms with van der Waals surface area (Å²) in [4.78, 5) is 23.4. The van der Waals surface area contributed by atoms with Crippen LogP contribution in [0.15, 0.2) is 60.2 Å². The molecule has 0 aromatic heterocycles. The highest BCUT2D eigenvalue weighted by atomic mass is 16.6. The van der Waals surface area contributed by atoms with Crippen LogP contribution in [0.25, 0.3) is 6.08 Å². The van der Waals surface area contributed by atoms with Gasteiger partial charge in [0.05, 0.1) is 13.2 Å². The van der Waals surface area contributed by atoms with Gasteiger partial charge in [0.25, 0.3) is 0 Å². The Balaban J connectivity index is 2.75. The number of esters is 2. The second kappa shape index (κ2) is 10.2. The van der Waals surface area contributed by atoms with Crippen LogP contribution in [0.5, 0.6) is 0 Å². The van der Waals surface area contributed by atoms with E-state index in [1.807, 2.05) is 42.5 Å². The number of rotatable bonds is 7. The van der Waals surface area contributed by atoms with Crippen LogP contribution in [0.4, 0.5) is 0 Å². The molecule has 0 fully saturated rings. The first-order valence-corrected chi connectivity index (χ1v) is 7.13. The minimum absolute atomic E-state index is 0.118. The third-order valence-electron chi connectivity index (χ3n) is 2.56. The SMILES string of the molecule is CCOC(=O)C(=C/C=C/C=C/c1ccccc1)C(=O)OCC. The molecule has 0 spiro atoms. The monoisotopic (exact) mass is 300 g/mol. The molecule has 0 aliphatic carbocycles. The lowest BCUT2D eigenvalue weighted by Crippen LogP contribution is -2.18. The number of allylic oxidation sites excluding steroid dienone is 4. The summed E-state index contributed by atoms with van der Waals surface area (Å²) in [6.07, 6.45) is 8.46. The van der Waals surface area contributed by atoms with Gasteiger partial charge in [-0.15, -0.1) is 0 Å². The van der Waals surface area contributed by atoms with E-state index in [0.29, 0.717) is 0 Å². The predicted octanol–water partition coefficient (Wildman–Crippen LogP) is 3.31. The van der Waals surface area contributed by atoms with Gasteiger partial charge in [0.2, 0.25) is 0 Å². The molecule has 0 saturated heterocycles. The van der Waals surface area contributed by atoms with E-state index in [1.54, 1.807) is 26.0 Å². The van der Waals surface area contributed by atoms with Crippen molar-refractivity contribution in [3.05, 3.63) is 65.8 Å². The van der Waals surface area contributed by atoms with Crippen LogP contribution in [-0.2, 0) is 19.1 Å². The Morgan fingerprint density at radius 1 is 0.909 bits per heavy atom.